The maximum Gasteiger partial charge on any atom is 0.290 e. The average Bonchev–Trinajstić information content (AvgIpc) is 2.18. The lowest BCUT2D eigenvalue weighted by Gasteiger charge is -2.07. The van der Waals surface area contributed by atoms with Crippen molar-refractivity contribution < 1.29 is 19.1 Å². The highest BCUT2D eigenvalue weighted by Crippen LogP contribution is 2.03. The Morgan fingerprint density at radius 3 is 2.50 bits per heavy atom. The molecule has 1 amide bonds. The van der Waals surface area contributed by atoms with Gasteiger partial charge in [0.05, 0.1) is 0 Å². The molecule has 0 heterocycles. The minimum atomic E-state index is -0.392. The van der Waals surface area contributed by atoms with Crippen molar-refractivity contribution in [1.82, 2.24) is 5.32 Å². The fourth-order valence-corrected chi connectivity index (χ4v) is 0.975. The minimum absolute atomic E-state index is 0.0655. The average molecular weight is 227 g/mol. The molecule has 0 bridgehead atoms. The van der Waals surface area contributed by atoms with Crippen LogP contribution in [0.1, 0.15) is 24.2 Å². The molecule has 16 heavy (non-hydrogen) atoms. The van der Waals surface area contributed by atoms with Crippen LogP contribution in [0.15, 0.2) is 24.3 Å². The van der Waals surface area contributed by atoms with Gasteiger partial charge in [0.15, 0.2) is 0 Å². The number of rotatable bonds is 2. The number of carbonyl (C=O) groups is 2. The summed E-state index contributed by atoms with van der Waals surface area (Å²) in [4.78, 5) is 19.7. The fourth-order valence-electron chi connectivity index (χ4n) is 0.975. The Kier molecular flexibility index (Phi) is 6.51. The standard InChI is InChI=1S/C10H12FNO.CH2O2/c1-7(2)12-10(13)8-4-3-5-9(11)6-8;2-1-3/h3-7H,1-2H3,(H,12,13);1H,(H,2,3). The molecule has 0 aliphatic heterocycles. The van der Waals surface area contributed by atoms with Gasteiger partial charge in [-0.3, -0.25) is 9.59 Å². The number of benzene rings is 1. The molecule has 0 aliphatic rings. The zero-order valence-corrected chi connectivity index (χ0v) is 9.11. The van der Waals surface area contributed by atoms with Crippen LogP contribution in [-0.2, 0) is 4.79 Å². The molecule has 0 aromatic heterocycles. The summed E-state index contributed by atoms with van der Waals surface area (Å²) in [6, 6.07) is 5.70. The lowest BCUT2D eigenvalue weighted by Crippen LogP contribution is -2.30. The van der Waals surface area contributed by atoms with E-state index in [0.717, 1.165) is 0 Å². The summed E-state index contributed by atoms with van der Waals surface area (Å²) in [5.41, 5.74) is 0.355. The Hall–Kier alpha value is -1.91. The molecule has 2 N–H and O–H groups in total. The summed E-state index contributed by atoms with van der Waals surface area (Å²) in [5, 5.41) is 9.57. The second-order valence-corrected chi connectivity index (χ2v) is 3.24. The van der Waals surface area contributed by atoms with E-state index in [2.05, 4.69) is 5.32 Å². The van der Waals surface area contributed by atoms with Gasteiger partial charge >= 0.3 is 0 Å². The zero-order chi connectivity index (χ0) is 12.6. The molecule has 0 saturated heterocycles. The summed E-state index contributed by atoms with van der Waals surface area (Å²) >= 11 is 0. The minimum Gasteiger partial charge on any atom is -0.483 e. The van der Waals surface area contributed by atoms with Crippen LogP contribution >= 0.6 is 0 Å². The number of carbonyl (C=O) groups excluding carboxylic acids is 1. The van der Waals surface area contributed by atoms with Crippen LogP contribution in [0, 0.1) is 5.82 Å². The van der Waals surface area contributed by atoms with Crippen molar-refractivity contribution in [2.45, 2.75) is 19.9 Å². The first kappa shape index (κ1) is 14.1. The Labute approximate surface area is 93.1 Å². The molecule has 0 fully saturated rings. The second-order valence-electron chi connectivity index (χ2n) is 3.24. The van der Waals surface area contributed by atoms with Gasteiger partial charge in [0, 0.05) is 11.6 Å². The van der Waals surface area contributed by atoms with E-state index >= 15 is 0 Å². The van der Waals surface area contributed by atoms with Crippen LogP contribution in [-0.4, -0.2) is 23.5 Å². The van der Waals surface area contributed by atoms with Gasteiger partial charge in [-0.25, -0.2) is 4.39 Å². The Morgan fingerprint density at radius 1 is 1.50 bits per heavy atom. The van der Waals surface area contributed by atoms with Crippen LogP contribution in [0.25, 0.3) is 0 Å². The van der Waals surface area contributed by atoms with Gasteiger partial charge in [0.1, 0.15) is 5.82 Å². The third-order valence-corrected chi connectivity index (χ3v) is 1.51. The third kappa shape index (κ3) is 5.74. The van der Waals surface area contributed by atoms with E-state index in [1.165, 1.54) is 18.2 Å². The number of amides is 1. The quantitative estimate of drug-likeness (QED) is 0.755. The predicted molar refractivity (Wildman–Crippen MR) is 57.7 cm³/mol. The molecule has 1 aromatic carbocycles. The maximum absolute atomic E-state index is 12.7. The van der Waals surface area contributed by atoms with Crippen LogP contribution < -0.4 is 5.32 Å². The van der Waals surface area contributed by atoms with Crippen molar-refractivity contribution >= 4 is 12.4 Å². The molecule has 1 aromatic rings. The van der Waals surface area contributed by atoms with Crippen molar-refractivity contribution in [2.24, 2.45) is 0 Å². The predicted octanol–water partition coefficient (Wildman–Crippen LogP) is 1.66. The molecule has 0 radical (unpaired) electrons. The van der Waals surface area contributed by atoms with Gasteiger partial charge in [-0.2, -0.15) is 0 Å². The summed E-state index contributed by atoms with van der Waals surface area (Å²) in [5.74, 6) is -0.633. The second kappa shape index (κ2) is 7.39. The Bertz CT molecular complexity index is 353. The molecule has 0 saturated carbocycles. The summed E-state index contributed by atoms with van der Waals surface area (Å²) in [6.45, 7) is 3.47. The largest absolute Gasteiger partial charge is 0.483 e. The van der Waals surface area contributed by atoms with Crippen molar-refractivity contribution in [2.75, 3.05) is 0 Å². The number of halogens is 1. The molecule has 5 heteroatoms. The van der Waals surface area contributed by atoms with Gasteiger partial charge in [-0.15, -0.1) is 0 Å². The molecule has 0 unspecified atom stereocenters. The van der Waals surface area contributed by atoms with Gasteiger partial charge < -0.3 is 10.4 Å². The topological polar surface area (TPSA) is 66.4 Å². The van der Waals surface area contributed by atoms with E-state index in [1.54, 1.807) is 6.07 Å². The maximum atomic E-state index is 12.7. The summed E-state index contributed by atoms with van der Waals surface area (Å²) in [6.07, 6.45) is 0. The van der Waals surface area contributed by atoms with Crippen LogP contribution in [0.2, 0.25) is 0 Å². The molecule has 4 nitrogen and oxygen atoms in total. The SMILES string of the molecule is CC(C)NC(=O)c1cccc(F)c1.O=CO. The zero-order valence-electron chi connectivity index (χ0n) is 9.11. The number of hydrogen-bond donors (Lipinski definition) is 2. The van der Waals surface area contributed by atoms with E-state index in [0.29, 0.717) is 5.56 Å². The monoisotopic (exact) mass is 227 g/mol. The van der Waals surface area contributed by atoms with E-state index in [4.69, 9.17) is 9.90 Å². The van der Waals surface area contributed by atoms with E-state index in [1.807, 2.05) is 13.8 Å². The van der Waals surface area contributed by atoms with E-state index in [-0.39, 0.29) is 18.4 Å². The Balaban J connectivity index is 0.000000673. The number of nitrogens with one attached hydrogen (secondary N) is 1. The van der Waals surface area contributed by atoms with Crippen LogP contribution in [0.3, 0.4) is 0 Å². The smallest absolute Gasteiger partial charge is 0.290 e. The van der Waals surface area contributed by atoms with Gasteiger partial charge in [-0.05, 0) is 32.0 Å². The highest BCUT2D eigenvalue weighted by molar-refractivity contribution is 5.94. The van der Waals surface area contributed by atoms with Gasteiger partial charge in [0.25, 0.3) is 12.4 Å². The van der Waals surface area contributed by atoms with Gasteiger partial charge in [-0.1, -0.05) is 6.07 Å². The van der Waals surface area contributed by atoms with E-state index < -0.39 is 5.82 Å². The molecule has 0 atom stereocenters. The molecule has 1 rings (SSSR count). The lowest BCUT2D eigenvalue weighted by atomic mass is 10.2. The van der Waals surface area contributed by atoms with Crippen LogP contribution in [0.5, 0.6) is 0 Å². The summed E-state index contributed by atoms with van der Waals surface area (Å²) < 4.78 is 12.7. The highest BCUT2D eigenvalue weighted by atomic mass is 19.1. The molecular weight excluding hydrogens is 213 g/mol. The summed E-state index contributed by atoms with van der Waals surface area (Å²) in [7, 11) is 0. The first-order valence-corrected chi connectivity index (χ1v) is 4.65. The Morgan fingerprint density at radius 2 is 2.06 bits per heavy atom. The van der Waals surface area contributed by atoms with Crippen molar-refractivity contribution in [1.29, 1.82) is 0 Å². The lowest BCUT2D eigenvalue weighted by molar-refractivity contribution is -0.122. The van der Waals surface area contributed by atoms with Crippen molar-refractivity contribution in [3.63, 3.8) is 0 Å². The third-order valence-electron chi connectivity index (χ3n) is 1.51. The first-order chi connectivity index (χ1) is 7.51. The first-order valence-electron chi connectivity index (χ1n) is 4.65. The van der Waals surface area contributed by atoms with Gasteiger partial charge in [0.2, 0.25) is 0 Å². The van der Waals surface area contributed by atoms with Crippen LogP contribution in [0.4, 0.5) is 4.39 Å². The van der Waals surface area contributed by atoms with Crippen molar-refractivity contribution in [3.05, 3.63) is 35.6 Å². The van der Waals surface area contributed by atoms with E-state index in [9.17, 15) is 9.18 Å². The normalized spacial score (nSPS) is 9.00. The highest BCUT2D eigenvalue weighted by Gasteiger charge is 2.06. The van der Waals surface area contributed by atoms with Crippen molar-refractivity contribution in [3.8, 4) is 0 Å². The number of hydrogen-bond acceptors (Lipinski definition) is 2. The molecular formula is C11H14FNO3. The molecule has 88 valence electrons. The fraction of sp³-hybridized carbons (Fsp3) is 0.273. The molecule has 0 spiro atoms. The molecule has 0 aliphatic carbocycles. The number of carboxylic acid groups (broad SMARTS) is 1.